The van der Waals surface area contributed by atoms with Crippen molar-refractivity contribution in [1.29, 1.82) is 0 Å². The molecule has 0 radical (unpaired) electrons. The first kappa shape index (κ1) is 69.8. The van der Waals surface area contributed by atoms with Crippen molar-refractivity contribution in [1.82, 2.24) is 9.13 Å². The first-order chi connectivity index (χ1) is 47.6. The SMILES string of the molecule is CC(C)(C)c1cc(-c2ccc3c(c2)c2cc(-c4cc(C(C)(C)C)cc(C(C)(C)C)c4)ccc2n3-c2ccc(-c3ccc(-n4c5ccc(-c6cc(C(C)(C)C)cc(C(C)(C)C)c6)cc5c5cc(-c6cc(C(C)(C)C)cc(C(C)(C)C)c6)ccc54)c4ccccc34)c3ccccc23)cc(C(C)(C)C)c1. The Bertz CT molecular complexity index is 4940. The van der Waals surface area contributed by atoms with E-state index in [4.69, 9.17) is 0 Å². The molecule has 12 aromatic carbocycles. The monoisotopic (exact) mass is 1340 g/mol. The van der Waals surface area contributed by atoms with Gasteiger partial charge in [0, 0.05) is 32.3 Å². The lowest BCUT2D eigenvalue weighted by atomic mass is 9.78. The summed E-state index contributed by atoms with van der Waals surface area (Å²) < 4.78 is 5.11. The fourth-order valence-electron chi connectivity index (χ4n) is 15.4. The summed E-state index contributed by atoms with van der Waals surface area (Å²) in [5.41, 5.74) is 30.1. The molecule has 14 rings (SSSR count). The zero-order valence-electron chi connectivity index (χ0n) is 65.7. The van der Waals surface area contributed by atoms with Crippen LogP contribution in [-0.4, -0.2) is 9.13 Å². The first-order valence-corrected chi connectivity index (χ1v) is 37.4. The summed E-state index contributed by atoms with van der Waals surface area (Å²) in [5, 5.41) is 9.80. The molecule has 0 bridgehead atoms. The third kappa shape index (κ3) is 12.8. The Kier molecular flexibility index (Phi) is 16.6. The molecule has 0 unspecified atom stereocenters. The highest BCUT2D eigenvalue weighted by Crippen LogP contribution is 2.48. The van der Waals surface area contributed by atoms with Crippen LogP contribution in [0.1, 0.15) is 211 Å². The van der Waals surface area contributed by atoms with Crippen molar-refractivity contribution < 1.29 is 0 Å². The average Bonchev–Trinajstić information content (AvgIpc) is 1.55. The van der Waals surface area contributed by atoms with Crippen LogP contribution in [0.4, 0.5) is 0 Å². The Labute approximate surface area is 609 Å². The molecule has 0 aliphatic rings. The summed E-state index contributed by atoms with van der Waals surface area (Å²) in [6, 6.07) is 86.2. The Morgan fingerprint density at radius 3 is 0.559 bits per heavy atom. The van der Waals surface area contributed by atoms with Gasteiger partial charge in [-0.1, -0.05) is 324 Å². The van der Waals surface area contributed by atoms with E-state index in [2.05, 4.69) is 394 Å². The third-order valence-corrected chi connectivity index (χ3v) is 22.1. The van der Waals surface area contributed by atoms with Gasteiger partial charge in [-0.05, 0) is 215 Å². The molecule has 518 valence electrons. The van der Waals surface area contributed by atoms with Crippen LogP contribution < -0.4 is 0 Å². The van der Waals surface area contributed by atoms with Crippen LogP contribution in [0.15, 0.2) is 218 Å². The molecule has 0 saturated heterocycles. The van der Waals surface area contributed by atoms with Crippen molar-refractivity contribution in [3.63, 3.8) is 0 Å². The van der Waals surface area contributed by atoms with Crippen LogP contribution in [0, 0.1) is 0 Å². The van der Waals surface area contributed by atoms with Crippen LogP contribution >= 0.6 is 0 Å². The lowest BCUT2D eigenvalue weighted by molar-refractivity contribution is 0.568. The number of benzene rings is 12. The molecule has 0 spiro atoms. The van der Waals surface area contributed by atoms with Gasteiger partial charge in [0.05, 0.1) is 33.4 Å². The Morgan fingerprint density at radius 2 is 0.363 bits per heavy atom. The quantitative estimate of drug-likeness (QED) is 0.151. The van der Waals surface area contributed by atoms with Crippen molar-refractivity contribution in [3.05, 3.63) is 263 Å². The second-order valence-corrected chi connectivity index (χ2v) is 38.2. The van der Waals surface area contributed by atoms with Crippen molar-refractivity contribution >= 4 is 65.2 Å². The van der Waals surface area contributed by atoms with Gasteiger partial charge in [0.25, 0.3) is 0 Å². The Balaban J connectivity index is 0.968. The van der Waals surface area contributed by atoms with Gasteiger partial charge in [-0.2, -0.15) is 0 Å². The van der Waals surface area contributed by atoms with Gasteiger partial charge in [-0.15, -0.1) is 0 Å². The first-order valence-electron chi connectivity index (χ1n) is 37.4. The van der Waals surface area contributed by atoms with E-state index < -0.39 is 0 Å². The number of aromatic nitrogens is 2. The van der Waals surface area contributed by atoms with Gasteiger partial charge in [0.15, 0.2) is 0 Å². The maximum atomic E-state index is 2.55. The van der Waals surface area contributed by atoms with Gasteiger partial charge in [0.1, 0.15) is 0 Å². The molecule has 102 heavy (non-hydrogen) atoms. The van der Waals surface area contributed by atoms with Crippen molar-refractivity contribution in [2.24, 2.45) is 0 Å². The maximum Gasteiger partial charge on any atom is 0.0541 e. The summed E-state index contributed by atoms with van der Waals surface area (Å²) >= 11 is 0. The fraction of sp³-hybridized carbons (Fsp3) is 0.320. The molecule has 0 amide bonds. The van der Waals surface area contributed by atoms with Gasteiger partial charge in [-0.25, -0.2) is 0 Å². The zero-order chi connectivity index (χ0) is 73.1. The maximum absolute atomic E-state index is 2.55. The number of hydrogen-bond acceptors (Lipinski definition) is 0. The highest BCUT2D eigenvalue weighted by atomic mass is 15.0. The van der Waals surface area contributed by atoms with Gasteiger partial charge in [0.2, 0.25) is 0 Å². The van der Waals surface area contributed by atoms with E-state index in [1.807, 2.05) is 0 Å². The predicted molar refractivity (Wildman–Crippen MR) is 447 cm³/mol. The highest BCUT2D eigenvalue weighted by molar-refractivity contribution is 6.17. The largest absolute Gasteiger partial charge is 0.309 e. The smallest absolute Gasteiger partial charge is 0.0541 e. The second kappa shape index (κ2) is 24.2. The molecule has 0 atom stereocenters. The van der Waals surface area contributed by atoms with Crippen LogP contribution in [0.2, 0.25) is 0 Å². The lowest BCUT2D eigenvalue weighted by Crippen LogP contribution is -2.16. The fourth-order valence-corrected chi connectivity index (χ4v) is 15.4. The second-order valence-electron chi connectivity index (χ2n) is 38.2. The van der Waals surface area contributed by atoms with E-state index in [9.17, 15) is 0 Å². The van der Waals surface area contributed by atoms with Gasteiger partial charge in [-0.3, -0.25) is 0 Å². The van der Waals surface area contributed by atoms with E-state index in [1.54, 1.807) is 0 Å². The minimum Gasteiger partial charge on any atom is -0.309 e. The van der Waals surface area contributed by atoms with Crippen LogP contribution in [0.5, 0.6) is 0 Å². The summed E-state index contributed by atoms with van der Waals surface area (Å²) in [5.74, 6) is 0. The van der Waals surface area contributed by atoms with E-state index >= 15 is 0 Å². The number of fused-ring (bicyclic) bond motifs is 8. The molecule has 2 nitrogen and oxygen atoms in total. The molecular weight excluding hydrogens is 1230 g/mol. The number of hydrogen-bond donors (Lipinski definition) is 0. The van der Waals surface area contributed by atoms with Crippen LogP contribution in [-0.2, 0) is 43.3 Å². The molecule has 2 aromatic heterocycles. The molecule has 14 aromatic rings. The zero-order valence-corrected chi connectivity index (χ0v) is 65.7. The predicted octanol–water partition coefficient (Wildman–Crippen LogP) is 28.9. The normalized spacial score (nSPS) is 13.3. The Morgan fingerprint density at radius 1 is 0.167 bits per heavy atom. The number of rotatable bonds is 7. The van der Waals surface area contributed by atoms with Gasteiger partial charge < -0.3 is 9.13 Å². The summed E-state index contributed by atoms with van der Waals surface area (Å²) in [6.45, 7) is 56.1. The molecule has 0 N–H and O–H groups in total. The molecular formula is C100H108N2. The molecule has 2 heterocycles. The topological polar surface area (TPSA) is 9.86 Å². The minimum atomic E-state index is -0.0163. The number of nitrogens with zero attached hydrogens (tertiary/aromatic N) is 2. The molecule has 2 heteroatoms. The van der Waals surface area contributed by atoms with E-state index in [0.29, 0.717) is 0 Å². The summed E-state index contributed by atoms with van der Waals surface area (Å²) in [7, 11) is 0. The average molecular weight is 1340 g/mol. The van der Waals surface area contributed by atoms with Crippen molar-refractivity contribution in [2.45, 2.75) is 209 Å². The third-order valence-electron chi connectivity index (χ3n) is 22.1. The van der Waals surface area contributed by atoms with Crippen molar-refractivity contribution in [2.75, 3.05) is 0 Å². The van der Waals surface area contributed by atoms with E-state index in [-0.39, 0.29) is 43.3 Å². The highest BCUT2D eigenvalue weighted by Gasteiger charge is 2.29. The lowest BCUT2D eigenvalue weighted by Gasteiger charge is -2.26. The van der Waals surface area contributed by atoms with Gasteiger partial charge >= 0.3 is 0 Å². The minimum absolute atomic E-state index is 0.0163. The molecule has 0 aliphatic heterocycles. The van der Waals surface area contributed by atoms with Crippen LogP contribution in [0.25, 0.3) is 132 Å². The summed E-state index contributed by atoms with van der Waals surface area (Å²) in [4.78, 5) is 0. The molecule has 0 fully saturated rings. The standard InChI is InChI=1S/C100H108N2/c1-93(2,3)69-45-65(46-70(57-69)94(4,5)6)61-33-39-89-83(53-61)84-54-62(66-47-71(95(7,8)9)58-72(48-66)96(10,11)12)34-40-90(84)101(89)87-43-37-79(77-29-25-27-31-81(77)87)80-38-44-88(82-32-28-26-30-78(80)82)102-91-41-35-63(67-49-73(97(13,14)15)59-74(50-67)98(16,17)18)55-85(91)86-56-64(36-42-92(86)102)68-51-75(99(19,20)21)60-76(52-68)100(22,23)24/h25-60H,1-24H3. The molecule has 0 saturated carbocycles. The summed E-state index contributed by atoms with van der Waals surface area (Å²) in [6.07, 6.45) is 0. The molecule has 0 aliphatic carbocycles. The Hall–Kier alpha value is -9.24. The van der Waals surface area contributed by atoms with Crippen molar-refractivity contribution in [3.8, 4) is 67.0 Å². The van der Waals surface area contributed by atoms with Crippen LogP contribution in [0.3, 0.4) is 0 Å². The van der Waals surface area contributed by atoms with E-state index in [1.165, 1.54) is 165 Å². The van der Waals surface area contributed by atoms with E-state index in [0.717, 1.165) is 11.4 Å².